The number of hydrogen-bond acceptors (Lipinski definition) is 3. The summed E-state index contributed by atoms with van der Waals surface area (Å²) in [5.74, 6) is -0.759. The molecular weight excluding hydrogens is 392 g/mol. The Morgan fingerprint density at radius 3 is 2.38 bits per heavy atom. The van der Waals surface area contributed by atoms with E-state index in [1.165, 1.54) is 19.2 Å². The van der Waals surface area contributed by atoms with E-state index in [2.05, 4.69) is 9.84 Å². The molecule has 26 heavy (non-hydrogen) atoms. The molecular formula is C14H10ClF6N3O2. The number of aromatic nitrogens is 2. The number of rotatable bonds is 6. The number of amides is 1. The minimum absolute atomic E-state index is 0.0415. The molecule has 0 aliphatic rings. The first-order valence-electron chi connectivity index (χ1n) is 6.76. The lowest BCUT2D eigenvalue weighted by atomic mass is 10.2. The highest BCUT2D eigenvalue weighted by Gasteiger charge is 2.43. The summed E-state index contributed by atoms with van der Waals surface area (Å²) in [6.07, 6.45) is -8.57. The summed E-state index contributed by atoms with van der Waals surface area (Å²) in [7, 11) is 1.18. The third kappa shape index (κ3) is 4.03. The molecule has 12 heteroatoms. The fourth-order valence-electron chi connectivity index (χ4n) is 2.03. The molecule has 0 aliphatic carbocycles. The molecule has 1 aromatic carbocycles. The zero-order valence-electron chi connectivity index (χ0n) is 12.8. The van der Waals surface area contributed by atoms with Gasteiger partial charge in [-0.2, -0.15) is 27.1 Å². The summed E-state index contributed by atoms with van der Waals surface area (Å²) < 4.78 is 83.9. The predicted molar refractivity (Wildman–Crippen MR) is 79.2 cm³/mol. The number of hydrogen-bond donors (Lipinski definition) is 0. The first kappa shape index (κ1) is 19.9. The van der Waals surface area contributed by atoms with Crippen molar-refractivity contribution >= 4 is 29.4 Å². The highest BCUT2D eigenvalue weighted by Crippen LogP contribution is 2.41. The van der Waals surface area contributed by atoms with E-state index in [0.29, 0.717) is 4.90 Å². The number of halogens is 7. The molecule has 142 valence electrons. The van der Waals surface area contributed by atoms with Gasteiger partial charge in [0, 0.05) is 13.2 Å². The largest absolute Gasteiger partial charge is 0.444 e. The number of carbonyl (C=O) groups is 1. The van der Waals surface area contributed by atoms with Crippen molar-refractivity contribution in [3.05, 3.63) is 36.2 Å². The quantitative estimate of drug-likeness (QED) is 0.413. The number of carbonyl (C=O) groups excluding carboxylic acids is 1. The van der Waals surface area contributed by atoms with Crippen LogP contribution in [0.4, 0.5) is 37.7 Å². The minimum atomic E-state index is -4.92. The van der Waals surface area contributed by atoms with Crippen LogP contribution < -0.4 is 9.64 Å². The monoisotopic (exact) mass is 401 g/mol. The topological polar surface area (TPSA) is 47.4 Å². The number of benzene rings is 1. The van der Waals surface area contributed by atoms with Crippen LogP contribution in [0.25, 0.3) is 0 Å². The van der Waals surface area contributed by atoms with Gasteiger partial charge in [-0.15, -0.1) is 0 Å². The Kier molecular flexibility index (Phi) is 5.40. The van der Waals surface area contributed by atoms with Crippen LogP contribution in [0.3, 0.4) is 0 Å². The Bertz CT molecular complexity index is 793. The van der Waals surface area contributed by atoms with Crippen molar-refractivity contribution in [1.82, 2.24) is 9.78 Å². The fourth-order valence-corrected chi connectivity index (χ4v) is 2.08. The van der Waals surface area contributed by atoms with E-state index >= 15 is 0 Å². The van der Waals surface area contributed by atoms with Gasteiger partial charge in [0.2, 0.25) is 6.41 Å². The molecule has 0 saturated heterocycles. The van der Waals surface area contributed by atoms with Gasteiger partial charge in [0.1, 0.15) is 0 Å². The molecule has 1 amide bonds. The van der Waals surface area contributed by atoms with Crippen LogP contribution in [-0.2, 0) is 18.0 Å². The highest BCUT2D eigenvalue weighted by atomic mass is 35.5. The minimum Gasteiger partial charge on any atom is -0.427 e. The highest BCUT2D eigenvalue weighted by molar-refractivity contribution is 6.20. The summed E-state index contributed by atoms with van der Waals surface area (Å²) >= 11 is 4.70. The molecule has 0 N–H and O–H groups in total. The van der Waals surface area contributed by atoms with Crippen molar-refractivity contribution in [3.63, 3.8) is 0 Å². The standard InChI is InChI=1S/C14H10ClF6N3O2/c1-23-6-9(11(22-23)13(17,18)19)24(7-25)8-4-2-3-5-10(8)26-14(20,21)12(15)16/h2-7,12H,1H3. The van der Waals surface area contributed by atoms with E-state index in [-0.39, 0.29) is 6.41 Å². The zero-order valence-corrected chi connectivity index (χ0v) is 13.6. The maximum absolute atomic E-state index is 13.4. The van der Waals surface area contributed by atoms with Crippen LogP contribution >= 0.6 is 11.6 Å². The van der Waals surface area contributed by atoms with Crippen LogP contribution in [0.1, 0.15) is 5.69 Å². The van der Waals surface area contributed by atoms with Gasteiger partial charge < -0.3 is 4.74 Å². The van der Waals surface area contributed by atoms with Gasteiger partial charge in [0.15, 0.2) is 11.4 Å². The molecule has 1 unspecified atom stereocenters. The van der Waals surface area contributed by atoms with Gasteiger partial charge in [-0.1, -0.05) is 23.7 Å². The van der Waals surface area contributed by atoms with Gasteiger partial charge in [-0.3, -0.25) is 14.4 Å². The number of aryl methyl sites for hydroxylation is 1. The van der Waals surface area contributed by atoms with Crippen molar-refractivity contribution in [3.8, 4) is 5.75 Å². The first-order valence-corrected chi connectivity index (χ1v) is 7.20. The molecule has 0 aliphatic heterocycles. The lowest BCUT2D eigenvalue weighted by Gasteiger charge is -2.24. The van der Waals surface area contributed by atoms with Gasteiger partial charge >= 0.3 is 12.3 Å². The number of para-hydroxylation sites is 2. The maximum Gasteiger partial charge on any atom is 0.444 e. The van der Waals surface area contributed by atoms with Crippen molar-refractivity contribution in [2.45, 2.75) is 17.9 Å². The van der Waals surface area contributed by atoms with Crippen molar-refractivity contribution in [1.29, 1.82) is 0 Å². The molecule has 1 atom stereocenters. The second-order valence-corrected chi connectivity index (χ2v) is 5.33. The average molecular weight is 402 g/mol. The lowest BCUT2D eigenvalue weighted by molar-refractivity contribution is -0.198. The molecule has 2 aromatic rings. The second kappa shape index (κ2) is 7.06. The predicted octanol–water partition coefficient (Wildman–Crippen LogP) is 4.24. The van der Waals surface area contributed by atoms with E-state index in [0.717, 1.165) is 23.0 Å². The Labute approximate surface area is 147 Å². The summed E-state index contributed by atoms with van der Waals surface area (Å²) in [5.41, 5.74) is -5.85. The van der Waals surface area contributed by atoms with Crippen molar-refractivity contribution in [2.24, 2.45) is 7.05 Å². The first-order chi connectivity index (χ1) is 12.0. The Morgan fingerprint density at radius 1 is 1.23 bits per heavy atom. The van der Waals surface area contributed by atoms with E-state index in [1.54, 1.807) is 0 Å². The van der Waals surface area contributed by atoms with Crippen LogP contribution in [0, 0.1) is 0 Å². The molecule has 0 bridgehead atoms. The van der Waals surface area contributed by atoms with E-state index in [1.807, 2.05) is 0 Å². The Balaban J connectivity index is 2.56. The summed E-state index contributed by atoms with van der Waals surface area (Å²) in [6.45, 7) is 0. The van der Waals surface area contributed by atoms with Crippen LogP contribution in [0.15, 0.2) is 30.5 Å². The molecule has 0 radical (unpaired) electrons. The third-order valence-electron chi connectivity index (χ3n) is 3.07. The van der Waals surface area contributed by atoms with Gasteiger partial charge in [-0.25, -0.2) is 4.39 Å². The van der Waals surface area contributed by atoms with Crippen LogP contribution in [0.5, 0.6) is 5.75 Å². The smallest absolute Gasteiger partial charge is 0.427 e. The maximum atomic E-state index is 13.4. The zero-order chi connectivity index (χ0) is 19.7. The van der Waals surface area contributed by atoms with E-state index in [9.17, 15) is 31.1 Å². The number of alkyl halides is 7. The third-order valence-corrected chi connectivity index (χ3v) is 3.32. The molecule has 1 aromatic heterocycles. The summed E-state index contributed by atoms with van der Waals surface area (Å²) in [6, 6.07) is 4.42. The molecule has 0 saturated carbocycles. The molecule has 5 nitrogen and oxygen atoms in total. The average Bonchev–Trinajstić information content (AvgIpc) is 2.91. The molecule has 1 heterocycles. The second-order valence-electron chi connectivity index (χ2n) is 4.94. The number of anilines is 2. The Morgan fingerprint density at radius 2 is 1.85 bits per heavy atom. The van der Waals surface area contributed by atoms with Crippen molar-refractivity contribution < 1.29 is 35.9 Å². The van der Waals surface area contributed by atoms with Crippen molar-refractivity contribution in [2.75, 3.05) is 4.90 Å². The molecule has 2 rings (SSSR count). The summed E-state index contributed by atoms with van der Waals surface area (Å²) in [5, 5.41) is 3.23. The van der Waals surface area contributed by atoms with Crippen LogP contribution in [-0.4, -0.2) is 27.9 Å². The summed E-state index contributed by atoms with van der Waals surface area (Å²) in [4.78, 5) is 11.8. The van der Waals surface area contributed by atoms with E-state index in [4.69, 9.17) is 11.6 Å². The Hall–Kier alpha value is -2.43. The van der Waals surface area contributed by atoms with Gasteiger partial charge in [-0.05, 0) is 12.1 Å². The lowest BCUT2D eigenvalue weighted by Crippen LogP contribution is -2.33. The SMILES string of the molecule is Cn1cc(N(C=O)c2ccccc2OC(F)(F)C(F)Cl)c(C(F)(F)F)n1. The molecule has 0 fully saturated rings. The fraction of sp³-hybridized carbons (Fsp3) is 0.286. The van der Waals surface area contributed by atoms with E-state index < -0.39 is 40.7 Å². The van der Waals surface area contributed by atoms with Gasteiger partial charge in [0.05, 0.1) is 11.4 Å². The number of ether oxygens (including phenoxy) is 1. The van der Waals surface area contributed by atoms with Crippen LogP contribution in [0.2, 0.25) is 0 Å². The normalized spacial score (nSPS) is 13.4. The number of nitrogens with zero attached hydrogens (tertiary/aromatic N) is 3. The van der Waals surface area contributed by atoms with Gasteiger partial charge in [0.25, 0.3) is 5.63 Å². The molecule has 0 spiro atoms.